The van der Waals surface area contributed by atoms with Gasteiger partial charge in [0.2, 0.25) is 5.91 Å². The molecule has 1 fully saturated rings. The molecule has 2 unspecified atom stereocenters. The van der Waals surface area contributed by atoms with E-state index < -0.39 is 17.9 Å². The number of nitrogens with zero attached hydrogens (tertiary/aromatic N) is 1. The average molecular weight is 271 g/mol. The number of likely N-dealkylation sites (N-methyl/N-ethyl adjacent to an activating group) is 1. The molecule has 3 N–H and O–H groups in total. The second-order valence-corrected chi connectivity index (χ2v) is 4.74. The van der Waals surface area contributed by atoms with Crippen LogP contribution in [0.2, 0.25) is 0 Å². The molecule has 1 aliphatic rings. The average Bonchev–Trinajstić information content (AvgIpc) is 2.43. The maximum atomic E-state index is 12.0. The Labute approximate surface area is 112 Å². The summed E-state index contributed by atoms with van der Waals surface area (Å²) in [5.74, 6) is -1.78. The second kappa shape index (κ2) is 6.96. The molecule has 0 aromatic rings. The van der Waals surface area contributed by atoms with Crippen LogP contribution >= 0.6 is 0 Å². The van der Waals surface area contributed by atoms with E-state index in [0.29, 0.717) is 13.0 Å². The molecule has 0 spiro atoms. The van der Waals surface area contributed by atoms with Gasteiger partial charge < -0.3 is 20.6 Å². The number of nitrogens with one attached hydrogen (secondary N) is 2. The van der Waals surface area contributed by atoms with E-state index >= 15 is 0 Å². The van der Waals surface area contributed by atoms with Crippen LogP contribution in [0.4, 0.5) is 4.79 Å². The molecule has 2 atom stereocenters. The fourth-order valence-electron chi connectivity index (χ4n) is 2.04. The van der Waals surface area contributed by atoms with E-state index in [4.69, 9.17) is 5.11 Å². The molecule has 108 valence electrons. The van der Waals surface area contributed by atoms with Crippen LogP contribution in [-0.2, 0) is 9.59 Å². The van der Waals surface area contributed by atoms with Crippen molar-refractivity contribution in [2.75, 3.05) is 20.1 Å². The third-order valence-corrected chi connectivity index (χ3v) is 3.29. The summed E-state index contributed by atoms with van der Waals surface area (Å²) in [6, 6.07) is -0.833. The monoisotopic (exact) mass is 271 g/mol. The highest BCUT2D eigenvalue weighted by Crippen LogP contribution is 2.17. The lowest BCUT2D eigenvalue weighted by molar-refractivity contribution is -0.140. The van der Waals surface area contributed by atoms with Crippen molar-refractivity contribution < 1.29 is 19.5 Å². The summed E-state index contributed by atoms with van der Waals surface area (Å²) >= 11 is 0. The number of likely N-dealkylation sites (tertiary alicyclic amines) is 1. The molecule has 0 aliphatic carbocycles. The lowest BCUT2D eigenvalue weighted by atomic mass is 10.0. The zero-order valence-corrected chi connectivity index (χ0v) is 11.3. The van der Waals surface area contributed by atoms with E-state index in [2.05, 4.69) is 10.6 Å². The Morgan fingerprint density at radius 2 is 2.05 bits per heavy atom. The smallest absolute Gasteiger partial charge is 0.318 e. The lowest BCUT2D eigenvalue weighted by Crippen LogP contribution is -2.54. The molecule has 19 heavy (non-hydrogen) atoms. The number of carbonyl (C=O) groups excluding carboxylic acids is 2. The number of piperidine rings is 1. The summed E-state index contributed by atoms with van der Waals surface area (Å²) in [7, 11) is 1.54. The normalized spacial score (nSPS) is 20.5. The minimum atomic E-state index is -0.957. The van der Waals surface area contributed by atoms with E-state index in [9.17, 15) is 14.4 Å². The fourth-order valence-corrected chi connectivity index (χ4v) is 2.04. The first-order valence-electron chi connectivity index (χ1n) is 6.46. The van der Waals surface area contributed by atoms with Gasteiger partial charge in [-0.25, -0.2) is 4.79 Å². The van der Waals surface area contributed by atoms with Gasteiger partial charge in [-0.15, -0.1) is 0 Å². The second-order valence-electron chi connectivity index (χ2n) is 4.74. The molecule has 0 aromatic carbocycles. The van der Waals surface area contributed by atoms with Crippen LogP contribution in [0, 0.1) is 5.92 Å². The molecule has 0 bridgehead atoms. The minimum Gasteiger partial charge on any atom is -0.481 e. The standard InChI is InChI=1S/C12H21N3O4/c1-8(11(17)18)7-14-12(19)15-6-4-3-5-9(15)10(16)13-2/h8-9H,3-7H2,1-2H3,(H,13,16)(H,14,19)(H,17,18). The van der Waals surface area contributed by atoms with Crippen molar-refractivity contribution in [3.05, 3.63) is 0 Å². The highest BCUT2D eigenvalue weighted by atomic mass is 16.4. The van der Waals surface area contributed by atoms with Gasteiger partial charge in [-0.1, -0.05) is 6.92 Å². The number of hydrogen-bond acceptors (Lipinski definition) is 3. The van der Waals surface area contributed by atoms with Gasteiger partial charge in [0.15, 0.2) is 0 Å². The minimum absolute atomic E-state index is 0.0606. The van der Waals surface area contributed by atoms with Crippen molar-refractivity contribution >= 4 is 17.9 Å². The van der Waals surface area contributed by atoms with Gasteiger partial charge in [0.1, 0.15) is 6.04 Å². The van der Waals surface area contributed by atoms with E-state index in [1.54, 1.807) is 7.05 Å². The topological polar surface area (TPSA) is 98.7 Å². The van der Waals surface area contributed by atoms with E-state index in [0.717, 1.165) is 12.8 Å². The van der Waals surface area contributed by atoms with E-state index in [1.807, 2.05) is 0 Å². The predicted octanol–water partition coefficient (Wildman–Crippen LogP) is 0.0172. The first-order valence-corrected chi connectivity index (χ1v) is 6.46. The highest BCUT2D eigenvalue weighted by Gasteiger charge is 2.31. The quantitative estimate of drug-likeness (QED) is 0.671. The first kappa shape index (κ1) is 15.3. The number of carboxylic acid groups (broad SMARTS) is 1. The van der Waals surface area contributed by atoms with Gasteiger partial charge >= 0.3 is 12.0 Å². The number of hydrogen-bond donors (Lipinski definition) is 3. The van der Waals surface area contributed by atoms with Gasteiger partial charge in [-0.2, -0.15) is 0 Å². The summed E-state index contributed by atoms with van der Waals surface area (Å²) in [5.41, 5.74) is 0. The highest BCUT2D eigenvalue weighted by molar-refractivity contribution is 5.87. The molecule has 0 radical (unpaired) electrons. The van der Waals surface area contributed by atoms with Crippen LogP contribution in [0.5, 0.6) is 0 Å². The van der Waals surface area contributed by atoms with Crippen LogP contribution in [0.3, 0.4) is 0 Å². The maximum absolute atomic E-state index is 12.0. The summed E-state index contributed by atoms with van der Waals surface area (Å²) in [4.78, 5) is 35.9. The van der Waals surface area contributed by atoms with Crippen molar-refractivity contribution in [1.82, 2.24) is 15.5 Å². The van der Waals surface area contributed by atoms with Crippen molar-refractivity contribution in [3.63, 3.8) is 0 Å². The lowest BCUT2D eigenvalue weighted by Gasteiger charge is -2.34. The van der Waals surface area contributed by atoms with Gasteiger partial charge in [0.25, 0.3) is 0 Å². The molecule has 7 heteroatoms. The number of amides is 3. The van der Waals surface area contributed by atoms with Gasteiger partial charge in [0, 0.05) is 20.1 Å². The third kappa shape index (κ3) is 4.11. The number of rotatable bonds is 4. The molecule has 1 heterocycles. The Bertz CT molecular complexity index is 359. The van der Waals surface area contributed by atoms with Crippen molar-refractivity contribution in [2.24, 2.45) is 5.92 Å². The summed E-state index contributed by atoms with van der Waals surface area (Å²) in [6.45, 7) is 2.10. The van der Waals surface area contributed by atoms with Crippen LogP contribution < -0.4 is 10.6 Å². The van der Waals surface area contributed by atoms with Gasteiger partial charge in [-0.3, -0.25) is 9.59 Å². The SMILES string of the molecule is CNC(=O)C1CCCCN1C(=O)NCC(C)C(=O)O. The Hall–Kier alpha value is -1.79. The molecule has 7 nitrogen and oxygen atoms in total. The van der Waals surface area contributed by atoms with Gasteiger partial charge in [-0.05, 0) is 19.3 Å². The zero-order chi connectivity index (χ0) is 14.4. The Balaban J connectivity index is 2.57. The summed E-state index contributed by atoms with van der Waals surface area (Å²) in [5, 5.41) is 13.9. The Morgan fingerprint density at radius 3 is 2.63 bits per heavy atom. The number of urea groups is 1. The van der Waals surface area contributed by atoms with Crippen LogP contribution in [0.15, 0.2) is 0 Å². The van der Waals surface area contributed by atoms with Crippen molar-refractivity contribution in [3.8, 4) is 0 Å². The van der Waals surface area contributed by atoms with Crippen LogP contribution in [-0.4, -0.2) is 54.1 Å². The molecule has 1 saturated heterocycles. The molecular formula is C12H21N3O4. The zero-order valence-electron chi connectivity index (χ0n) is 11.3. The molecule has 0 aromatic heterocycles. The molecule has 1 rings (SSSR count). The largest absolute Gasteiger partial charge is 0.481 e. The third-order valence-electron chi connectivity index (χ3n) is 3.29. The summed E-state index contributed by atoms with van der Waals surface area (Å²) in [6.07, 6.45) is 2.41. The van der Waals surface area contributed by atoms with Gasteiger partial charge in [0.05, 0.1) is 5.92 Å². The Morgan fingerprint density at radius 1 is 1.37 bits per heavy atom. The first-order chi connectivity index (χ1) is 8.97. The van der Waals surface area contributed by atoms with E-state index in [-0.39, 0.29) is 18.5 Å². The maximum Gasteiger partial charge on any atom is 0.318 e. The van der Waals surface area contributed by atoms with Crippen LogP contribution in [0.25, 0.3) is 0 Å². The van der Waals surface area contributed by atoms with Crippen molar-refractivity contribution in [2.45, 2.75) is 32.2 Å². The molecular weight excluding hydrogens is 250 g/mol. The summed E-state index contributed by atoms with van der Waals surface area (Å²) < 4.78 is 0. The number of aliphatic carboxylic acids is 1. The number of carbonyl (C=O) groups is 3. The molecule has 3 amide bonds. The number of carboxylic acids is 1. The fraction of sp³-hybridized carbons (Fsp3) is 0.750. The van der Waals surface area contributed by atoms with Crippen LogP contribution in [0.1, 0.15) is 26.2 Å². The molecule has 0 saturated carbocycles. The van der Waals surface area contributed by atoms with Crippen molar-refractivity contribution in [1.29, 1.82) is 0 Å². The Kier molecular flexibility index (Phi) is 5.59. The predicted molar refractivity (Wildman–Crippen MR) is 68.6 cm³/mol. The molecule has 1 aliphatic heterocycles. The van der Waals surface area contributed by atoms with E-state index in [1.165, 1.54) is 11.8 Å².